The van der Waals surface area contributed by atoms with Gasteiger partial charge in [0, 0.05) is 17.0 Å². The van der Waals surface area contributed by atoms with Crippen molar-refractivity contribution >= 4 is 17.2 Å². The molecule has 0 fully saturated rings. The second-order valence-corrected chi connectivity index (χ2v) is 5.66. The van der Waals surface area contributed by atoms with Crippen LogP contribution in [0.5, 0.6) is 5.75 Å². The van der Waals surface area contributed by atoms with Crippen molar-refractivity contribution < 1.29 is 14.6 Å². The number of ether oxygens (including phenoxy) is 1. The third-order valence-electron chi connectivity index (χ3n) is 3.36. The van der Waals surface area contributed by atoms with Gasteiger partial charge in [-0.05, 0) is 17.5 Å². The van der Waals surface area contributed by atoms with Crippen LogP contribution in [0.4, 0.5) is 0 Å². The highest BCUT2D eigenvalue weighted by Gasteiger charge is 2.30. The summed E-state index contributed by atoms with van der Waals surface area (Å²) in [6.07, 6.45) is -0.656. The van der Waals surface area contributed by atoms with Gasteiger partial charge >= 0.3 is 0 Å². The van der Waals surface area contributed by atoms with Gasteiger partial charge < -0.3 is 15.2 Å². The lowest BCUT2D eigenvalue weighted by Gasteiger charge is -2.13. The van der Waals surface area contributed by atoms with Gasteiger partial charge in [0.1, 0.15) is 24.4 Å². The van der Waals surface area contributed by atoms with E-state index in [0.717, 1.165) is 16.2 Å². The number of carbonyl (C=O) groups is 1. The van der Waals surface area contributed by atoms with E-state index in [1.807, 2.05) is 41.8 Å². The first-order valence-electron chi connectivity index (χ1n) is 6.46. The summed E-state index contributed by atoms with van der Waals surface area (Å²) in [6.45, 7) is 0.582. The van der Waals surface area contributed by atoms with E-state index in [-0.39, 0.29) is 18.4 Å². The van der Waals surface area contributed by atoms with Crippen molar-refractivity contribution in [2.45, 2.75) is 12.0 Å². The number of para-hydroxylation sites is 1. The highest BCUT2D eigenvalue weighted by Crippen LogP contribution is 2.33. The highest BCUT2D eigenvalue weighted by molar-refractivity contribution is 7.10. The number of benzene rings is 1. The van der Waals surface area contributed by atoms with Crippen LogP contribution in [0.3, 0.4) is 0 Å². The molecule has 1 aliphatic heterocycles. The number of hydrogen-bond donors (Lipinski definition) is 2. The van der Waals surface area contributed by atoms with E-state index in [0.29, 0.717) is 6.61 Å². The SMILES string of the molecule is O=C(NC[C@H](O)c1cccs1)[C@@H]1COc2ccccc21. The van der Waals surface area contributed by atoms with Crippen LogP contribution in [0, 0.1) is 0 Å². The van der Waals surface area contributed by atoms with Crippen molar-refractivity contribution in [3.05, 3.63) is 52.2 Å². The average molecular weight is 289 g/mol. The van der Waals surface area contributed by atoms with Gasteiger partial charge in [0.25, 0.3) is 0 Å². The Morgan fingerprint density at radius 3 is 3.05 bits per heavy atom. The average Bonchev–Trinajstić information content (AvgIpc) is 3.13. The molecule has 5 heteroatoms. The quantitative estimate of drug-likeness (QED) is 0.906. The first-order chi connectivity index (χ1) is 9.75. The maximum atomic E-state index is 12.2. The molecule has 2 heterocycles. The molecule has 1 aromatic carbocycles. The van der Waals surface area contributed by atoms with Crippen LogP contribution < -0.4 is 10.1 Å². The second-order valence-electron chi connectivity index (χ2n) is 4.68. The number of rotatable bonds is 4. The molecule has 0 saturated carbocycles. The Bertz CT molecular complexity index is 597. The van der Waals surface area contributed by atoms with E-state index in [1.54, 1.807) is 0 Å². The third-order valence-corrected chi connectivity index (χ3v) is 4.33. The fourth-order valence-electron chi connectivity index (χ4n) is 2.28. The van der Waals surface area contributed by atoms with Crippen molar-refractivity contribution in [3.63, 3.8) is 0 Å². The zero-order chi connectivity index (χ0) is 13.9. The van der Waals surface area contributed by atoms with Crippen molar-refractivity contribution in [1.29, 1.82) is 0 Å². The van der Waals surface area contributed by atoms with Gasteiger partial charge in [-0.2, -0.15) is 0 Å². The van der Waals surface area contributed by atoms with Gasteiger partial charge in [0.05, 0.1) is 0 Å². The molecule has 0 bridgehead atoms. The van der Waals surface area contributed by atoms with Crippen LogP contribution in [0.2, 0.25) is 0 Å². The Labute approximate surface area is 121 Å². The van der Waals surface area contributed by atoms with E-state index in [4.69, 9.17) is 4.74 Å². The number of fused-ring (bicyclic) bond motifs is 1. The number of hydrogen-bond acceptors (Lipinski definition) is 4. The molecule has 1 aliphatic rings. The molecule has 0 saturated heterocycles. The maximum absolute atomic E-state index is 12.2. The Kier molecular flexibility index (Phi) is 3.71. The van der Waals surface area contributed by atoms with Crippen molar-refractivity contribution in [1.82, 2.24) is 5.32 Å². The monoisotopic (exact) mass is 289 g/mol. The second kappa shape index (κ2) is 5.64. The standard InChI is InChI=1S/C15H15NO3S/c17-12(14-6-3-7-20-14)8-16-15(18)11-9-19-13-5-2-1-4-10(11)13/h1-7,11-12,17H,8-9H2,(H,16,18)/t11-,12+/m1/s1. The number of nitrogens with one attached hydrogen (secondary N) is 1. The molecule has 1 aromatic heterocycles. The molecule has 0 spiro atoms. The number of amides is 1. The smallest absolute Gasteiger partial charge is 0.231 e. The molecule has 0 unspecified atom stereocenters. The van der Waals surface area contributed by atoms with Crippen LogP contribution in [0.25, 0.3) is 0 Å². The summed E-state index contributed by atoms with van der Waals surface area (Å²) in [5, 5.41) is 14.7. The lowest BCUT2D eigenvalue weighted by molar-refractivity contribution is -0.123. The van der Waals surface area contributed by atoms with E-state index in [1.165, 1.54) is 11.3 Å². The minimum atomic E-state index is -0.656. The van der Waals surface area contributed by atoms with Gasteiger partial charge in [-0.15, -0.1) is 11.3 Å². The van der Waals surface area contributed by atoms with Gasteiger partial charge in [-0.25, -0.2) is 0 Å². The predicted octanol–water partition coefficient (Wildman–Crippen LogP) is 2.07. The van der Waals surface area contributed by atoms with Gasteiger partial charge in [0.15, 0.2) is 0 Å². The topological polar surface area (TPSA) is 58.6 Å². The first kappa shape index (κ1) is 13.1. The lowest BCUT2D eigenvalue weighted by Crippen LogP contribution is -2.33. The number of thiophene rings is 1. The zero-order valence-corrected chi connectivity index (χ0v) is 11.6. The van der Waals surface area contributed by atoms with Gasteiger partial charge in [-0.3, -0.25) is 4.79 Å². The third kappa shape index (κ3) is 2.55. The number of aliphatic hydroxyl groups is 1. The molecule has 1 amide bonds. The minimum Gasteiger partial charge on any atom is -0.492 e. The summed E-state index contributed by atoms with van der Waals surface area (Å²) in [5.74, 6) is 0.374. The minimum absolute atomic E-state index is 0.106. The van der Waals surface area contributed by atoms with E-state index < -0.39 is 6.10 Å². The molecule has 3 rings (SSSR count). The lowest BCUT2D eigenvalue weighted by atomic mass is 10.0. The molecule has 2 N–H and O–H groups in total. The van der Waals surface area contributed by atoms with Crippen LogP contribution in [-0.2, 0) is 4.79 Å². The van der Waals surface area contributed by atoms with E-state index in [9.17, 15) is 9.90 Å². The van der Waals surface area contributed by atoms with Crippen LogP contribution in [0.15, 0.2) is 41.8 Å². The summed E-state index contributed by atoms with van der Waals surface area (Å²) in [4.78, 5) is 13.0. The molecule has 2 atom stereocenters. The van der Waals surface area contributed by atoms with E-state index in [2.05, 4.69) is 5.32 Å². The molecule has 0 radical (unpaired) electrons. The molecule has 2 aromatic rings. The first-order valence-corrected chi connectivity index (χ1v) is 7.34. The van der Waals surface area contributed by atoms with Gasteiger partial charge in [0.2, 0.25) is 5.91 Å². The Hall–Kier alpha value is -1.85. The molecule has 4 nitrogen and oxygen atoms in total. The largest absolute Gasteiger partial charge is 0.492 e. The predicted molar refractivity (Wildman–Crippen MR) is 77.0 cm³/mol. The van der Waals surface area contributed by atoms with Crippen LogP contribution in [0.1, 0.15) is 22.5 Å². The molecular formula is C15H15NO3S. The summed E-state index contributed by atoms with van der Waals surface area (Å²) in [5.41, 5.74) is 0.913. The summed E-state index contributed by atoms with van der Waals surface area (Å²) >= 11 is 1.48. The van der Waals surface area contributed by atoms with E-state index >= 15 is 0 Å². The van der Waals surface area contributed by atoms with Crippen LogP contribution in [-0.4, -0.2) is 24.2 Å². The highest BCUT2D eigenvalue weighted by atomic mass is 32.1. The van der Waals surface area contributed by atoms with Crippen molar-refractivity contribution in [2.24, 2.45) is 0 Å². The molecule has 104 valence electrons. The Morgan fingerprint density at radius 2 is 2.25 bits per heavy atom. The van der Waals surface area contributed by atoms with Crippen LogP contribution >= 0.6 is 11.3 Å². The number of carbonyl (C=O) groups excluding carboxylic acids is 1. The van der Waals surface area contributed by atoms with Gasteiger partial charge in [-0.1, -0.05) is 24.3 Å². The maximum Gasteiger partial charge on any atom is 0.231 e. The summed E-state index contributed by atoms with van der Waals surface area (Å²) in [7, 11) is 0. The molecule has 20 heavy (non-hydrogen) atoms. The normalized spacial score (nSPS) is 18.1. The fraction of sp³-hybridized carbons (Fsp3) is 0.267. The Balaban J connectivity index is 1.61. The van der Waals surface area contributed by atoms with Crippen molar-refractivity contribution in [3.8, 4) is 5.75 Å². The zero-order valence-electron chi connectivity index (χ0n) is 10.8. The number of aliphatic hydroxyl groups excluding tert-OH is 1. The van der Waals surface area contributed by atoms with Crippen molar-refractivity contribution in [2.75, 3.05) is 13.2 Å². The molecular weight excluding hydrogens is 274 g/mol. The fourth-order valence-corrected chi connectivity index (χ4v) is 2.99. The summed E-state index contributed by atoms with van der Waals surface area (Å²) < 4.78 is 5.49. The molecule has 0 aliphatic carbocycles. The summed E-state index contributed by atoms with van der Waals surface area (Å²) in [6, 6.07) is 11.3. The Morgan fingerprint density at radius 1 is 1.40 bits per heavy atom.